The molecule has 0 aliphatic carbocycles. The summed E-state index contributed by atoms with van der Waals surface area (Å²) in [5.41, 5.74) is 0.763. The van der Waals surface area contributed by atoms with Gasteiger partial charge in [0, 0.05) is 0 Å². The predicted molar refractivity (Wildman–Crippen MR) is 71.7 cm³/mol. The number of halogens is 1. The fourth-order valence-electron chi connectivity index (χ4n) is 1.52. The van der Waals surface area contributed by atoms with Crippen LogP contribution in [-0.4, -0.2) is 27.8 Å². The Kier molecular flexibility index (Phi) is 5.55. The number of benzene rings is 1. The first-order chi connectivity index (χ1) is 8.44. The highest BCUT2D eigenvalue weighted by molar-refractivity contribution is 7.92. The van der Waals surface area contributed by atoms with Crippen LogP contribution in [0.1, 0.15) is 18.4 Å². The maximum atomic E-state index is 13.5. The van der Waals surface area contributed by atoms with Gasteiger partial charge in [-0.1, -0.05) is 6.07 Å². The van der Waals surface area contributed by atoms with Crippen LogP contribution in [-0.2, 0) is 10.0 Å². The van der Waals surface area contributed by atoms with E-state index in [1.165, 1.54) is 12.1 Å². The quantitative estimate of drug-likeness (QED) is 0.746. The Bertz CT molecular complexity index is 489. The van der Waals surface area contributed by atoms with E-state index in [0.29, 0.717) is 6.42 Å². The first-order valence-corrected chi connectivity index (χ1v) is 7.51. The molecule has 0 aromatic heterocycles. The summed E-state index contributed by atoms with van der Waals surface area (Å²) in [5.74, 6) is -0.545. The Morgan fingerprint density at radius 1 is 1.28 bits per heavy atom. The molecule has 0 atom stereocenters. The van der Waals surface area contributed by atoms with Gasteiger partial charge < -0.3 is 5.32 Å². The van der Waals surface area contributed by atoms with E-state index in [0.717, 1.165) is 18.5 Å². The van der Waals surface area contributed by atoms with Gasteiger partial charge in [0.25, 0.3) is 0 Å². The van der Waals surface area contributed by atoms with Gasteiger partial charge in [-0.2, -0.15) is 0 Å². The summed E-state index contributed by atoms with van der Waals surface area (Å²) in [6.07, 6.45) is 1.32. The minimum atomic E-state index is -3.47. The van der Waals surface area contributed by atoms with Crippen molar-refractivity contribution in [3.05, 3.63) is 29.6 Å². The van der Waals surface area contributed by atoms with Crippen molar-refractivity contribution in [2.45, 2.75) is 19.8 Å². The normalized spacial score (nSPS) is 11.5. The van der Waals surface area contributed by atoms with Crippen LogP contribution in [0.5, 0.6) is 0 Å². The molecule has 6 heteroatoms. The summed E-state index contributed by atoms with van der Waals surface area (Å²) in [4.78, 5) is 0. The van der Waals surface area contributed by atoms with Crippen LogP contribution >= 0.6 is 0 Å². The fourth-order valence-corrected chi connectivity index (χ4v) is 2.70. The van der Waals surface area contributed by atoms with Crippen molar-refractivity contribution < 1.29 is 12.8 Å². The molecule has 0 aliphatic heterocycles. The molecule has 0 bridgehead atoms. The third-order valence-corrected chi connectivity index (χ3v) is 3.84. The topological polar surface area (TPSA) is 58.2 Å². The molecule has 1 rings (SSSR count). The smallest absolute Gasteiger partial charge is 0.232 e. The minimum absolute atomic E-state index is 0.00198. The van der Waals surface area contributed by atoms with Crippen molar-refractivity contribution in [3.8, 4) is 0 Å². The molecule has 0 radical (unpaired) electrons. The summed E-state index contributed by atoms with van der Waals surface area (Å²) < 4.78 is 39.2. The maximum Gasteiger partial charge on any atom is 0.232 e. The number of hydrogen-bond acceptors (Lipinski definition) is 3. The average molecular weight is 274 g/mol. The summed E-state index contributed by atoms with van der Waals surface area (Å²) in [6.45, 7) is 2.52. The average Bonchev–Trinajstić information content (AvgIpc) is 2.28. The van der Waals surface area contributed by atoms with E-state index in [2.05, 4.69) is 10.0 Å². The lowest BCUT2D eigenvalue weighted by Gasteiger charge is -2.09. The van der Waals surface area contributed by atoms with Crippen LogP contribution in [0.3, 0.4) is 0 Å². The van der Waals surface area contributed by atoms with Crippen molar-refractivity contribution >= 4 is 15.7 Å². The first kappa shape index (κ1) is 14.9. The summed E-state index contributed by atoms with van der Waals surface area (Å²) >= 11 is 0. The van der Waals surface area contributed by atoms with Gasteiger partial charge in [-0.15, -0.1) is 0 Å². The van der Waals surface area contributed by atoms with Gasteiger partial charge in [0.2, 0.25) is 10.0 Å². The molecule has 0 spiro atoms. The lowest BCUT2D eigenvalue weighted by molar-refractivity contribution is 0.592. The first-order valence-electron chi connectivity index (χ1n) is 5.86. The monoisotopic (exact) mass is 274 g/mol. The maximum absolute atomic E-state index is 13.5. The highest BCUT2D eigenvalue weighted by atomic mass is 32.2. The van der Waals surface area contributed by atoms with Crippen LogP contribution in [0.15, 0.2) is 18.2 Å². The summed E-state index contributed by atoms with van der Waals surface area (Å²) in [7, 11) is -1.65. The number of nitrogens with one attached hydrogen (secondary N) is 2. The van der Waals surface area contributed by atoms with E-state index in [1.807, 2.05) is 7.05 Å². The van der Waals surface area contributed by atoms with Crippen molar-refractivity contribution in [1.82, 2.24) is 5.32 Å². The van der Waals surface area contributed by atoms with E-state index in [-0.39, 0.29) is 11.4 Å². The van der Waals surface area contributed by atoms with E-state index in [1.54, 1.807) is 13.0 Å². The Hall–Kier alpha value is -1.14. The molecule has 18 heavy (non-hydrogen) atoms. The van der Waals surface area contributed by atoms with Gasteiger partial charge in [0.1, 0.15) is 5.82 Å². The van der Waals surface area contributed by atoms with Gasteiger partial charge in [-0.05, 0) is 51.1 Å². The zero-order valence-corrected chi connectivity index (χ0v) is 11.5. The summed E-state index contributed by atoms with van der Waals surface area (Å²) in [6, 6.07) is 4.41. The molecule has 1 aromatic carbocycles. The van der Waals surface area contributed by atoms with Gasteiger partial charge >= 0.3 is 0 Å². The van der Waals surface area contributed by atoms with Gasteiger partial charge in [-0.25, -0.2) is 12.8 Å². The van der Waals surface area contributed by atoms with Gasteiger partial charge in [-0.3, -0.25) is 4.72 Å². The van der Waals surface area contributed by atoms with Gasteiger partial charge in [0.15, 0.2) is 0 Å². The van der Waals surface area contributed by atoms with Crippen LogP contribution in [0.2, 0.25) is 0 Å². The van der Waals surface area contributed by atoms with Crippen molar-refractivity contribution in [3.63, 3.8) is 0 Å². The predicted octanol–water partition coefficient (Wildman–Crippen LogP) is 1.88. The highest BCUT2D eigenvalue weighted by Crippen LogP contribution is 2.17. The third kappa shape index (κ3) is 5.01. The Labute approximate surface area is 108 Å². The Morgan fingerprint density at radius 2 is 2.00 bits per heavy atom. The van der Waals surface area contributed by atoms with Crippen molar-refractivity contribution in [2.24, 2.45) is 0 Å². The van der Waals surface area contributed by atoms with Crippen LogP contribution in [0.25, 0.3) is 0 Å². The van der Waals surface area contributed by atoms with E-state index < -0.39 is 15.8 Å². The summed E-state index contributed by atoms with van der Waals surface area (Å²) in [5, 5.41) is 2.94. The van der Waals surface area contributed by atoms with Crippen LogP contribution in [0.4, 0.5) is 10.1 Å². The molecule has 0 fully saturated rings. The highest BCUT2D eigenvalue weighted by Gasteiger charge is 2.12. The Balaban J connectivity index is 2.59. The largest absolute Gasteiger partial charge is 0.320 e. The molecule has 102 valence electrons. The molecular formula is C12H19FN2O2S. The molecule has 2 N–H and O–H groups in total. The van der Waals surface area contributed by atoms with Crippen LogP contribution in [0, 0.1) is 12.7 Å². The molecular weight excluding hydrogens is 255 g/mol. The SMILES string of the molecule is CNCCCCS(=O)(=O)Nc1ccc(C)cc1F. The number of unbranched alkanes of at least 4 members (excludes halogenated alkanes) is 1. The molecule has 0 amide bonds. The second-order valence-electron chi connectivity index (χ2n) is 4.21. The molecule has 0 saturated carbocycles. The third-order valence-electron chi connectivity index (χ3n) is 2.48. The second-order valence-corrected chi connectivity index (χ2v) is 6.06. The number of aryl methyl sites for hydroxylation is 1. The zero-order chi connectivity index (χ0) is 13.6. The van der Waals surface area contributed by atoms with Crippen LogP contribution < -0.4 is 10.0 Å². The molecule has 0 heterocycles. The van der Waals surface area contributed by atoms with E-state index >= 15 is 0 Å². The lowest BCUT2D eigenvalue weighted by atomic mass is 10.2. The van der Waals surface area contributed by atoms with E-state index in [4.69, 9.17) is 0 Å². The number of hydrogen-bond donors (Lipinski definition) is 2. The number of rotatable bonds is 7. The van der Waals surface area contributed by atoms with Crippen molar-refractivity contribution in [2.75, 3.05) is 24.1 Å². The van der Waals surface area contributed by atoms with E-state index in [9.17, 15) is 12.8 Å². The number of anilines is 1. The molecule has 1 aromatic rings. The van der Waals surface area contributed by atoms with Crippen molar-refractivity contribution in [1.29, 1.82) is 0 Å². The molecule has 4 nitrogen and oxygen atoms in total. The standard InChI is InChI=1S/C12H19FN2O2S/c1-10-5-6-12(11(13)9-10)15-18(16,17)8-4-3-7-14-2/h5-6,9,14-15H,3-4,7-8H2,1-2H3. The van der Waals surface area contributed by atoms with Gasteiger partial charge in [0.05, 0.1) is 11.4 Å². The lowest BCUT2D eigenvalue weighted by Crippen LogP contribution is -2.18. The fraction of sp³-hybridized carbons (Fsp3) is 0.500. The molecule has 0 aliphatic rings. The molecule has 0 unspecified atom stereocenters. The minimum Gasteiger partial charge on any atom is -0.320 e. The second kappa shape index (κ2) is 6.70. The Morgan fingerprint density at radius 3 is 2.61 bits per heavy atom. The molecule has 0 saturated heterocycles. The zero-order valence-electron chi connectivity index (χ0n) is 10.7. The number of sulfonamides is 1.